The number of hydrogen-bond acceptors (Lipinski definition) is 3. The van der Waals surface area contributed by atoms with Crippen LogP contribution < -0.4 is 5.32 Å². The molecule has 2 aromatic heterocycles. The summed E-state index contributed by atoms with van der Waals surface area (Å²) in [6.45, 7) is 3.91. The number of fused-ring (bicyclic) bond motifs is 1. The fraction of sp³-hybridized carbons (Fsp3) is 0.346. The van der Waals surface area contributed by atoms with Crippen LogP contribution in [0.2, 0.25) is 0 Å². The van der Waals surface area contributed by atoms with Gasteiger partial charge < -0.3 is 5.32 Å². The number of nitrogens with one attached hydrogen (secondary N) is 1. The summed E-state index contributed by atoms with van der Waals surface area (Å²) in [5.41, 5.74) is 2.45. The van der Waals surface area contributed by atoms with Crippen molar-refractivity contribution in [2.24, 2.45) is 11.3 Å². The van der Waals surface area contributed by atoms with E-state index in [-0.39, 0.29) is 17.0 Å². The quantitative estimate of drug-likeness (QED) is 0.527. The molecule has 6 heteroatoms. The molecule has 0 bridgehead atoms. The van der Waals surface area contributed by atoms with Gasteiger partial charge in [-0.15, -0.1) is 0 Å². The van der Waals surface area contributed by atoms with Gasteiger partial charge >= 0.3 is 0 Å². The molecule has 1 amide bonds. The molecule has 0 saturated heterocycles. The van der Waals surface area contributed by atoms with E-state index in [1.807, 2.05) is 6.07 Å². The van der Waals surface area contributed by atoms with Gasteiger partial charge in [-0.1, -0.05) is 19.1 Å². The second kappa shape index (κ2) is 7.76. The number of amides is 1. The van der Waals surface area contributed by atoms with Crippen LogP contribution in [0.1, 0.15) is 60.1 Å². The van der Waals surface area contributed by atoms with Crippen molar-refractivity contribution in [2.75, 3.05) is 5.32 Å². The van der Waals surface area contributed by atoms with Gasteiger partial charge in [-0.05, 0) is 85.3 Å². The highest BCUT2D eigenvalue weighted by Crippen LogP contribution is 2.64. The molecular weight excluding hydrogens is 408 g/mol. The van der Waals surface area contributed by atoms with Crippen LogP contribution in [0, 0.1) is 29.9 Å². The van der Waals surface area contributed by atoms with Crippen LogP contribution in [0.25, 0.3) is 11.3 Å². The molecule has 5 rings (SSSR count). The highest BCUT2D eigenvalue weighted by molar-refractivity contribution is 6.03. The zero-order valence-electron chi connectivity index (χ0n) is 18.2. The molecule has 0 radical (unpaired) electrons. The van der Waals surface area contributed by atoms with Crippen LogP contribution in [-0.2, 0) is 0 Å². The highest BCUT2D eigenvalue weighted by atomic mass is 19.1. The molecule has 2 heterocycles. The molecule has 164 valence electrons. The first-order valence-corrected chi connectivity index (χ1v) is 11.0. The standard InChI is InChI=1S/C26H25F2N3O/c1-15-6-9-19(27)23(24(15)28)20-4-3-5-21(30-20)25(32)31-22-14-29-11-10-18(22)16-7-8-17-13-26(17,2)12-16/h3-6,9-11,14,16-17H,7-8,12-13H2,1-2H3,(H,31,32). The Kier molecular flexibility index (Phi) is 5.03. The molecule has 2 aliphatic carbocycles. The molecule has 3 aromatic rings. The zero-order chi connectivity index (χ0) is 22.5. The van der Waals surface area contributed by atoms with Crippen molar-refractivity contribution in [3.63, 3.8) is 0 Å². The fourth-order valence-corrected chi connectivity index (χ4v) is 5.18. The van der Waals surface area contributed by atoms with Gasteiger partial charge in [0.15, 0.2) is 0 Å². The molecule has 3 atom stereocenters. The smallest absolute Gasteiger partial charge is 0.274 e. The van der Waals surface area contributed by atoms with Crippen LogP contribution in [0.3, 0.4) is 0 Å². The van der Waals surface area contributed by atoms with E-state index in [9.17, 15) is 13.6 Å². The SMILES string of the molecule is Cc1ccc(F)c(-c2cccc(C(=O)Nc3cnccc3C3CCC4CC4(C)C3)n2)c1F. The number of rotatable bonds is 4. The predicted octanol–water partition coefficient (Wildman–Crippen LogP) is 6.28. The van der Waals surface area contributed by atoms with E-state index in [0.29, 0.717) is 22.6 Å². The van der Waals surface area contributed by atoms with Crippen LogP contribution in [0.15, 0.2) is 48.8 Å². The summed E-state index contributed by atoms with van der Waals surface area (Å²) >= 11 is 0. The molecule has 4 nitrogen and oxygen atoms in total. The van der Waals surface area contributed by atoms with E-state index < -0.39 is 17.5 Å². The van der Waals surface area contributed by atoms with Gasteiger partial charge in [0.1, 0.15) is 17.3 Å². The summed E-state index contributed by atoms with van der Waals surface area (Å²) in [5, 5.41) is 2.93. The number of hydrogen-bond donors (Lipinski definition) is 1. The van der Waals surface area contributed by atoms with Crippen LogP contribution in [-0.4, -0.2) is 15.9 Å². The van der Waals surface area contributed by atoms with E-state index in [4.69, 9.17) is 0 Å². The average molecular weight is 434 g/mol. The zero-order valence-corrected chi connectivity index (χ0v) is 18.2. The second-order valence-corrected chi connectivity index (χ2v) is 9.41. The normalized spacial score (nSPS) is 24.0. The first kappa shape index (κ1) is 20.7. The molecule has 32 heavy (non-hydrogen) atoms. The first-order valence-electron chi connectivity index (χ1n) is 11.0. The Labute approximate surface area is 186 Å². The lowest BCUT2D eigenvalue weighted by atomic mass is 9.78. The predicted molar refractivity (Wildman–Crippen MR) is 119 cm³/mol. The van der Waals surface area contributed by atoms with Crippen LogP contribution >= 0.6 is 0 Å². The maximum atomic E-state index is 14.6. The van der Waals surface area contributed by atoms with E-state index in [0.717, 1.165) is 24.3 Å². The van der Waals surface area contributed by atoms with Gasteiger partial charge in [0, 0.05) is 6.20 Å². The molecule has 3 unspecified atom stereocenters. The number of pyridine rings is 2. The number of aryl methyl sites for hydroxylation is 1. The lowest BCUT2D eigenvalue weighted by Crippen LogP contribution is -2.19. The number of benzene rings is 1. The number of nitrogens with zero attached hydrogens (tertiary/aromatic N) is 2. The third kappa shape index (κ3) is 3.68. The summed E-state index contributed by atoms with van der Waals surface area (Å²) in [7, 11) is 0. The number of anilines is 1. The summed E-state index contributed by atoms with van der Waals surface area (Å²) in [6, 6.07) is 9.19. The number of aromatic nitrogens is 2. The third-order valence-electron chi connectivity index (χ3n) is 7.18. The van der Waals surface area contributed by atoms with Gasteiger partial charge in [-0.3, -0.25) is 9.78 Å². The van der Waals surface area contributed by atoms with Crippen molar-refractivity contribution in [1.82, 2.24) is 9.97 Å². The number of carbonyl (C=O) groups excluding carboxylic acids is 1. The molecule has 1 aromatic carbocycles. The molecule has 2 aliphatic rings. The Morgan fingerprint density at radius 3 is 2.78 bits per heavy atom. The van der Waals surface area contributed by atoms with Gasteiger partial charge in [-0.2, -0.15) is 0 Å². The lowest BCUT2D eigenvalue weighted by molar-refractivity contribution is 0.102. The van der Waals surface area contributed by atoms with Crippen LogP contribution in [0.5, 0.6) is 0 Å². The highest BCUT2D eigenvalue weighted by Gasteiger charge is 2.53. The van der Waals surface area contributed by atoms with Crippen molar-refractivity contribution in [3.05, 3.63) is 77.2 Å². The molecule has 0 aliphatic heterocycles. The van der Waals surface area contributed by atoms with Crippen molar-refractivity contribution in [2.45, 2.75) is 45.4 Å². The van der Waals surface area contributed by atoms with E-state index in [2.05, 4.69) is 22.2 Å². The maximum Gasteiger partial charge on any atom is 0.274 e. The van der Waals surface area contributed by atoms with Gasteiger partial charge in [0.25, 0.3) is 5.91 Å². The topological polar surface area (TPSA) is 54.9 Å². The van der Waals surface area contributed by atoms with Gasteiger partial charge in [-0.25, -0.2) is 13.8 Å². The molecule has 1 N–H and O–H groups in total. The lowest BCUT2D eigenvalue weighted by Gasteiger charge is -2.28. The average Bonchev–Trinajstić information content (AvgIpc) is 3.48. The minimum atomic E-state index is -0.711. The molecule has 2 saturated carbocycles. The first-order chi connectivity index (χ1) is 15.4. The van der Waals surface area contributed by atoms with Crippen molar-refractivity contribution < 1.29 is 13.6 Å². The second-order valence-electron chi connectivity index (χ2n) is 9.41. The van der Waals surface area contributed by atoms with E-state index in [1.165, 1.54) is 37.1 Å². The van der Waals surface area contributed by atoms with Crippen molar-refractivity contribution >= 4 is 11.6 Å². The summed E-state index contributed by atoms with van der Waals surface area (Å²) in [4.78, 5) is 21.5. The monoisotopic (exact) mass is 433 g/mol. The maximum absolute atomic E-state index is 14.6. The third-order valence-corrected chi connectivity index (χ3v) is 7.18. The van der Waals surface area contributed by atoms with Gasteiger partial charge in [0.05, 0.1) is 23.1 Å². The Balaban J connectivity index is 1.41. The largest absolute Gasteiger partial charge is 0.319 e. The Morgan fingerprint density at radius 1 is 1.12 bits per heavy atom. The fourth-order valence-electron chi connectivity index (χ4n) is 5.18. The van der Waals surface area contributed by atoms with Gasteiger partial charge in [0.2, 0.25) is 0 Å². The Bertz CT molecular complexity index is 1210. The summed E-state index contributed by atoms with van der Waals surface area (Å²) in [5.74, 6) is -0.591. The summed E-state index contributed by atoms with van der Waals surface area (Å²) < 4.78 is 28.9. The molecular formula is C26H25F2N3O. The van der Waals surface area contributed by atoms with E-state index in [1.54, 1.807) is 25.4 Å². The number of halogens is 2. The van der Waals surface area contributed by atoms with E-state index >= 15 is 0 Å². The Morgan fingerprint density at radius 2 is 1.97 bits per heavy atom. The van der Waals surface area contributed by atoms with Crippen LogP contribution in [0.4, 0.5) is 14.5 Å². The Hall–Kier alpha value is -3.15. The molecule has 2 fully saturated rings. The number of carbonyl (C=O) groups is 1. The van der Waals surface area contributed by atoms with Crippen molar-refractivity contribution in [3.8, 4) is 11.3 Å². The summed E-state index contributed by atoms with van der Waals surface area (Å²) in [6.07, 6.45) is 8.15. The minimum Gasteiger partial charge on any atom is -0.319 e. The molecule has 0 spiro atoms. The van der Waals surface area contributed by atoms with Crippen molar-refractivity contribution in [1.29, 1.82) is 0 Å². The minimum absolute atomic E-state index is 0.0859.